The minimum atomic E-state index is -3.93. The first-order valence-electron chi connectivity index (χ1n) is 9.36. The monoisotopic (exact) mass is 430 g/mol. The van der Waals surface area contributed by atoms with Crippen molar-refractivity contribution in [2.75, 3.05) is 6.54 Å². The summed E-state index contributed by atoms with van der Waals surface area (Å²) in [4.78, 5) is 12.6. The molecule has 1 N–H and O–H groups in total. The van der Waals surface area contributed by atoms with Gasteiger partial charge >= 0.3 is 0 Å². The van der Waals surface area contributed by atoms with Crippen molar-refractivity contribution in [3.05, 3.63) is 89.1 Å². The zero-order valence-electron chi connectivity index (χ0n) is 16.8. The van der Waals surface area contributed by atoms with E-state index in [2.05, 4.69) is 5.32 Å². The molecule has 8 heteroatoms. The van der Waals surface area contributed by atoms with Crippen LogP contribution in [0, 0.1) is 19.7 Å². The van der Waals surface area contributed by atoms with E-state index < -0.39 is 22.5 Å². The van der Waals surface area contributed by atoms with Crippen molar-refractivity contribution in [1.82, 2.24) is 9.62 Å². The summed E-state index contributed by atoms with van der Waals surface area (Å²) in [6, 6.07) is 14.4. The third kappa shape index (κ3) is 5.34. The Kier molecular flexibility index (Phi) is 6.69. The molecular weight excluding hydrogens is 407 g/mol. The predicted molar refractivity (Wildman–Crippen MR) is 110 cm³/mol. The Morgan fingerprint density at radius 3 is 2.47 bits per heavy atom. The van der Waals surface area contributed by atoms with E-state index >= 15 is 0 Å². The van der Waals surface area contributed by atoms with Gasteiger partial charge in [-0.3, -0.25) is 4.79 Å². The molecule has 1 amide bonds. The van der Waals surface area contributed by atoms with Crippen LogP contribution in [0.25, 0.3) is 0 Å². The summed E-state index contributed by atoms with van der Waals surface area (Å²) < 4.78 is 46.2. The molecule has 0 atom stereocenters. The molecule has 0 saturated heterocycles. The SMILES string of the molecule is Cc1ccc(S(=O)(=O)N(CC(=O)NCc2ccc(C)c(F)c2)Cc2ccco2)cc1. The number of halogens is 1. The van der Waals surface area contributed by atoms with Gasteiger partial charge in [-0.05, 0) is 55.3 Å². The summed E-state index contributed by atoms with van der Waals surface area (Å²) in [7, 11) is -3.93. The van der Waals surface area contributed by atoms with Crippen molar-refractivity contribution in [1.29, 1.82) is 0 Å². The minimum absolute atomic E-state index is 0.0875. The molecule has 30 heavy (non-hydrogen) atoms. The molecule has 0 unspecified atom stereocenters. The van der Waals surface area contributed by atoms with Crippen LogP contribution in [0.2, 0.25) is 0 Å². The second-order valence-corrected chi connectivity index (χ2v) is 8.96. The van der Waals surface area contributed by atoms with Gasteiger partial charge in [-0.1, -0.05) is 29.8 Å². The first-order valence-corrected chi connectivity index (χ1v) is 10.8. The van der Waals surface area contributed by atoms with E-state index in [0.717, 1.165) is 9.87 Å². The molecule has 6 nitrogen and oxygen atoms in total. The fourth-order valence-electron chi connectivity index (χ4n) is 2.82. The van der Waals surface area contributed by atoms with Crippen LogP contribution in [0.1, 0.15) is 22.5 Å². The van der Waals surface area contributed by atoms with Crippen molar-refractivity contribution < 1.29 is 22.0 Å². The molecule has 0 radical (unpaired) electrons. The molecule has 0 fully saturated rings. The van der Waals surface area contributed by atoms with Crippen molar-refractivity contribution >= 4 is 15.9 Å². The van der Waals surface area contributed by atoms with Crippen LogP contribution in [-0.2, 0) is 27.9 Å². The Morgan fingerprint density at radius 2 is 1.83 bits per heavy atom. The molecule has 1 heterocycles. The summed E-state index contributed by atoms with van der Waals surface area (Å²) in [6.45, 7) is 3.12. The van der Waals surface area contributed by atoms with E-state index in [1.807, 2.05) is 6.92 Å². The molecule has 3 rings (SSSR count). The van der Waals surface area contributed by atoms with Gasteiger partial charge in [-0.15, -0.1) is 0 Å². The van der Waals surface area contributed by atoms with E-state index in [0.29, 0.717) is 16.9 Å². The van der Waals surface area contributed by atoms with Gasteiger partial charge in [0.1, 0.15) is 11.6 Å². The Labute approximate surface area is 175 Å². The lowest BCUT2D eigenvalue weighted by Gasteiger charge is -2.21. The maximum Gasteiger partial charge on any atom is 0.243 e. The van der Waals surface area contributed by atoms with Crippen molar-refractivity contribution in [2.45, 2.75) is 31.8 Å². The third-order valence-corrected chi connectivity index (χ3v) is 6.42. The number of hydrogen-bond acceptors (Lipinski definition) is 4. The van der Waals surface area contributed by atoms with Gasteiger partial charge < -0.3 is 9.73 Å². The van der Waals surface area contributed by atoms with Gasteiger partial charge in [-0.2, -0.15) is 4.31 Å². The second-order valence-electron chi connectivity index (χ2n) is 7.03. The van der Waals surface area contributed by atoms with Gasteiger partial charge in [0.05, 0.1) is 24.2 Å². The van der Waals surface area contributed by atoms with Crippen LogP contribution in [0.4, 0.5) is 4.39 Å². The van der Waals surface area contributed by atoms with Gasteiger partial charge in [0.15, 0.2) is 0 Å². The molecule has 2 aromatic carbocycles. The van der Waals surface area contributed by atoms with Crippen LogP contribution < -0.4 is 5.32 Å². The predicted octanol–water partition coefficient (Wildman–Crippen LogP) is 3.54. The Morgan fingerprint density at radius 1 is 1.10 bits per heavy atom. The van der Waals surface area contributed by atoms with Crippen molar-refractivity contribution in [3.8, 4) is 0 Å². The van der Waals surface area contributed by atoms with Gasteiger partial charge in [0.25, 0.3) is 0 Å². The smallest absolute Gasteiger partial charge is 0.243 e. The van der Waals surface area contributed by atoms with E-state index in [-0.39, 0.29) is 23.8 Å². The van der Waals surface area contributed by atoms with Crippen LogP contribution in [0.5, 0.6) is 0 Å². The molecule has 0 bridgehead atoms. The first-order chi connectivity index (χ1) is 14.3. The Bertz CT molecular complexity index is 1110. The number of carbonyl (C=O) groups is 1. The average Bonchev–Trinajstić information content (AvgIpc) is 3.22. The van der Waals surface area contributed by atoms with Gasteiger partial charge in [0.2, 0.25) is 15.9 Å². The van der Waals surface area contributed by atoms with Crippen LogP contribution in [-0.4, -0.2) is 25.2 Å². The van der Waals surface area contributed by atoms with Crippen LogP contribution in [0.15, 0.2) is 70.2 Å². The summed E-state index contributed by atoms with van der Waals surface area (Å²) in [5, 5.41) is 2.65. The molecule has 158 valence electrons. The van der Waals surface area contributed by atoms with Gasteiger partial charge in [-0.25, -0.2) is 12.8 Å². The first kappa shape index (κ1) is 21.7. The number of furan rings is 1. The highest BCUT2D eigenvalue weighted by molar-refractivity contribution is 7.89. The van der Waals surface area contributed by atoms with Crippen LogP contribution >= 0.6 is 0 Å². The molecular formula is C22H23FN2O4S. The Hall–Kier alpha value is -2.97. The van der Waals surface area contributed by atoms with E-state index in [1.54, 1.807) is 43.3 Å². The molecule has 0 aliphatic carbocycles. The highest BCUT2D eigenvalue weighted by atomic mass is 32.2. The molecule has 0 aliphatic heterocycles. The molecule has 0 saturated carbocycles. The van der Waals surface area contributed by atoms with Crippen LogP contribution in [0.3, 0.4) is 0 Å². The lowest BCUT2D eigenvalue weighted by Crippen LogP contribution is -2.40. The number of sulfonamides is 1. The summed E-state index contributed by atoms with van der Waals surface area (Å²) in [5.74, 6) is -0.444. The molecule has 1 aromatic heterocycles. The number of benzene rings is 2. The lowest BCUT2D eigenvalue weighted by molar-refractivity contribution is -0.121. The molecule has 0 aliphatic rings. The lowest BCUT2D eigenvalue weighted by atomic mass is 10.1. The highest BCUT2D eigenvalue weighted by Gasteiger charge is 2.27. The second kappa shape index (κ2) is 9.23. The number of nitrogens with one attached hydrogen (secondary N) is 1. The number of amides is 1. The van der Waals surface area contributed by atoms with Crippen molar-refractivity contribution in [2.24, 2.45) is 0 Å². The number of aryl methyl sites for hydroxylation is 2. The summed E-state index contributed by atoms with van der Waals surface area (Å²) >= 11 is 0. The van der Waals surface area contributed by atoms with E-state index in [1.165, 1.54) is 24.5 Å². The maximum absolute atomic E-state index is 13.7. The average molecular weight is 431 g/mol. The summed E-state index contributed by atoms with van der Waals surface area (Å²) in [5.41, 5.74) is 2.03. The largest absolute Gasteiger partial charge is 0.468 e. The molecule has 0 spiro atoms. The quantitative estimate of drug-likeness (QED) is 0.593. The maximum atomic E-state index is 13.7. The third-order valence-electron chi connectivity index (χ3n) is 4.62. The minimum Gasteiger partial charge on any atom is -0.468 e. The van der Waals surface area contributed by atoms with E-state index in [9.17, 15) is 17.6 Å². The normalized spacial score (nSPS) is 11.6. The highest BCUT2D eigenvalue weighted by Crippen LogP contribution is 2.19. The number of hydrogen-bond donors (Lipinski definition) is 1. The van der Waals surface area contributed by atoms with Crippen molar-refractivity contribution in [3.63, 3.8) is 0 Å². The van der Waals surface area contributed by atoms with E-state index in [4.69, 9.17) is 4.42 Å². The standard InChI is InChI=1S/C22H23FN2O4S/c1-16-5-9-20(10-6-16)30(27,28)25(14-19-4-3-11-29-19)15-22(26)24-13-18-8-7-17(2)21(23)12-18/h3-12H,13-15H2,1-2H3,(H,24,26). The number of carbonyl (C=O) groups excluding carboxylic acids is 1. The fraction of sp³-hybridized carbons (Fsp3) is 0.227. The Balaban J connectivity index is 1.75. The zero-order valence-corrected chi connectivity index (χ0v) is 17.6. The topological polar surface area (TPSA) is 79.6 Å². The fourth-order valence-corrected chi connectivity index (χ4v) is 4.19. The number of rotatable bonds is 8. The van der Waals surface area contributed by atoms with Gasteiger partial charge in [0, 0.05) is 6.54 Å². The number of nitrogens with zero attached hydrogens (tertiary/aromatic N) is 1. The molecule has 3 aromatic rings. The summed E-state index contributed by atoms with van der Waals surface area (Å²) in [6.07, 6.45) is 1.44. The zero-order chi connectivity index (χ0) is 21.7.